The van der Waals surface area contributed by atoms with Crippen LogP contribution in [0.5, 0.6) is 5.75 Å². The summed E-state index contributed by atoms with van der Waals surface area (Å²) in [4.78, 5) is 110. The second-order valence-electron chi connectivity index (χ2n) is 34.0. The number of Topliss-reactive ketones (excluding diaryl/α,β-unsaturated/α-hetero) is 3. The van der Waals surface area contributed by atoms with Crippen LogP contribution in [0.15, 0.2) is 84.4 Å². The molecule has 2 saturated heterocycles. The van der Waals surface area contributed by atoms with E-state index in [0.717, 1.165) is 52.9 Å². The molecule has 37 nitrogen and oxygen atoms in total. The quantitative estimate of drug-likeness (QED) is 0.00801. The van der Waals surface area contributed by atoms with Gasteiger partial charge in [-0.05, 0) is 158 Å². The number of unbranched alkanes of at least 4 members (excludes halogenated alkanes) is 2. The number of nitrogen functional groups attached to an aromatic ring is 1. The van der Waals surface area contributed by atoms with Gasteiger partial charge in [0.1, 0.15) is 53.7 Å². The summed E-state index contributed by atoms with van der Waals surface area (Å²) in [5, 5.41) is 65.4. The van der Waals surface area contributed by atoms with Gasteiger partial charge in [-0.2, -0.15) is 5.10 Å². The molecule has 2 bridgehead atoms. The van der Waals surface area contributed by atoms with Gasteiger partial charge in [0.25, 0.3) is 11.7 Å². The van der Waals surface area contributed by atoms with Crippen molar-refractivity contribution in [1.82, 2.24) is 55.3 Å². The second kappa shape index (κ2) is 54.8. The average molecular weight is 1810 g/mol. The van der Waals surface area contributed by atoms with Crippen molar-refractivity contribution in [1.29, 1.82) is 0 Å². The number of ether oxygens (including phenoxy) is 13. The number of amides is 3. The fraction of sp³-hybridized carbons (Fsp3) is 0.674. The number of phenolic OH excluding ortho intramolecular Hbond substituents is 1. The first-order valence-electron chi connectivity index (χ1n) is 45.6. The summed E-state index contributed by atoms with van der Waals surface area (Å²) in [7, 11) is 2.86. The number of hydrogen-bond acceptors (Lipinski definition) is 31. The number of carbonyl (C=O) groups excluding carboxylic acids is 7. The van der Waals surface area contributed by atoms with Crippen LogP contribution >= 0.6 is 0 Å². The van der Waals surface area contributed by atoms with Gasteiger partial charge in [-0.1, -0.05) is 74.9 Å². The van der Waals surface area contributed by atoms with E-state index in [4.69, 9.17) is 78.1 Å². The summed E-state index contributed by atoms with van der Waals surface area (Å²) in [5.74, 6) is -9.01. The van der Waals surface area contributed by atoms with Crippen molar-refractivity contribution in [2.45, 2.75) is 231 Å². The van der Waals surface area contributed by atoms with Crippen molar-refractivity contribution in [2.24, 2.45) is 35.3 Å². The third kappa shape index (κ3) is 33.1. The molecule has 9 rings (SSSR count). The molecule has 716 valence electrons. The van der Waals surface area contributed by atoms with Crippen LogP contribution in [-0.4, -0.2) is 306 Å². The highest BCUT2D eigenvalue weighted by molar-refractivity contribution is 6.39. The highest BCUT2D eigenvalue weighted by Crippen LogP contribution is 2.39. The van der Waals surface area contributed by atoms with E-state index in [2.05, 4.69) is 35.9 Å². The molecule has 1 aromatic carbocycles. The number of benzene rings is 1. The number of aromatic amines is 1. The fourth-order valence-corrected chi connectivity index (χ4v) is 16.5. The number of carbonyl (C=O) groups is 7. The Labute approximate surface area is 755 Å². The number of aromatic nitrogens is 8. The Morgan fingerprint density at radius 3 is 2.09 bits per heavy atom. The van der Waals surface area contributed by atoms with Crippen molar-refractivity contribution in [3.63, 3.8) is 0 Å². The van der Waals surface area contributed by atoms with Gasteiger partial charge in [0.15, 0.2) is 11.4 Å². The molecule has 129 heavy (non-hydrogen) atoms. The van der Waals surface area contributed by atoms with Crippen molar-refractivity contribution >= 4 is 69.0 Å². The number of fused-ring (bicyclic) bond motifs is 5. The first-order valence-corrected chi connectivity index (χ1v) is 45.6. The number of aromatic hydroxyl groups is 1. The number of alkyl carbamates (subject to hydrolysis) is 1. The molecule has 11 N–H and O–H groups in total. The zero-order valence-electron chi connectivity index (χ0n) is 76.3. The number of methoxy groups -OCH3 is 2. The molecule has 3 aliphatic heterocycles. The van der Waals surface area contributed by atoms with Crippen molar-refractivity contribution in [3.8, 4) is 17.1 Å². The number of allylic oxidation sites excluding steroid dienone is 6. The number of esters is 1. The standard InChI is InChI=1S/C92H139N13O24/c1-60-18-10-9-11-19-61(2)73(99-91(115)118-8)56-70-25-22-65(6)92(116,129-70)86(112)89(113)104-30-15-12-21-75(104)90(114)128-78(57-76(107)62(3)51-64(5)84(110)85(111)83(109)63(4)50-60)71(93)52-66-23-27-77(79(53-66)117-7)127-33-17-13-20-68-58-103(102-100-68)32-35-120-37-39-122-41-43-124-45-47-126-49-48-125-46-44-123-42-40-121-38-36-119-34-28-80(108)95-29-14-16-31-105-88-81(87(94)96-59-97-88)82(101-105)74-55-67-54-69(106)24-26-72(67)98-74/h9-11,18-19,24,26,51,54-55,58-60,62-63,65-66,70-71,73,75,77-79,84-85,98,106,110-111,116H,12-17,20-23,25,27-50,52-53,56-57,93H2,1-8H3,(H,95,108)(H,99,115)(H2,94,96,97)/b11-9+,18-10+,61-19+,64-51+/t60-,62-,63-,65-,66+,70+,71-,73+,75+,77-,78+,79-,84-,85+,92-/m1/s1. The first kappa shape index (κ1) is 104. The number of anilines is 1. The maximum atomic E-state index is 14.7. The molecule has 37 heteroatoms. The maximum Gasteiger partial charge on any atom is 0.407 e. The third-order valence-corrected chi connectivity index (χ3v) is 24.0. The molecule has 0 unspecified atom stereocenters. The van der Waals surface area contributed by atoms with Crippen LogP contribution in [0.1, 0.15) is 156 Å². The van der Waals surface area contributed by atoms with E-state index >= 15 is 0 Å². The van der Waals surface area contributed by atoms with Crippen LogP contribution in [0, 0.1) is 29.6 Å². The first-order chi connectivity index (χ1) is 62.2. The Morgan fingerprint density at radius 2 is 1.41 bits per heavy atom. The maximum absolute atomic E-state index is 14.7. The summed E-state index contributed by atoms with van der Waals surface area (Å²) >= 11 is 0. The summed E-state index contributed by atoms with van der Waals surface area (Å²) < 4.78 is 78.4. The van der Waals surface area contributed by atoms with E-state index in [1.807, 2.05) is 25.3 Å². The summed E-state index contributed by atoms with van der Waals surface area (Å²) in [6, 6.07) is 4.11. The molecule has 1 aliphatic carbocycles. The molecular weight excluding hydrogens is 1670 g/mol. The number of aryl methyl sites for hydroxylation is 2. The Bertz CT molecular complexity index is 4440. The minimum atomic E-state index is -2.59. The largest absolute Gasteiger partial charge is 0.508 e. The zero-order valence-corrected chi connectivity index (χ0v) is 76.3. The minimum Gasteiger partial charge on any atom is -0.508 e. The smallest absolute Gasteiger partial charge is 0.407 e. The van der Waals surface area contributed by atoms with Gasteiger partial charge >= 0.3 is 12.1 Å². The number of phenols is 1. The number of H-pyrrole nitrogens is 1. The van der Waals surface area contributed by atoms with Crippen molar-refractivity contribution in [3.05, 3.63) is 90.1 Å². The number of nitrogens with zero attached hydrogens (tertiary/aromatic N) is 8. The Hall–Kier alpha value is -8.90. The van der Waals surface area contributed by atoms with Crippen LogP contribution in [0.2, 0.25) is 0 Å². The Balaban J connectivity index is 0.591. The molecule has 0 spiro atoms. The molecule has 5 aromatic rings. The summed E-state index contributed by atoms with van der Waals surface area (Å²) in [5.41, 5.74) is 17.9. The van der Waals surface area contributed by atoms with Gasteiger partial charge in [-0.15, -0.1) is 5.10 Å². The number of hydrogen-bond donors (Lipinski definition) is 9. The van der Waals surface area contributed by atoms with Gasteiger partial charge in [0, 0.05) is 87.1 Å². The predicted molar refractivity (Wildman–Crippen MR) is 476 cm³/mol. The highest BCUT2D eigenvalue weighted by Gasteiger charge is 2.53. The lowest BCUT2D eigenvalue weighted by Gasteiger charge is -2.43. The zero-order chi connectivity index (χ0) is 92.6. The predicted octanol–water partition coefficient (Wildman–Crippen LogP) is 7.26. The molecule has 3 amide bonds. The summed E-state index contributed by atoms with van der Waals surface area (Å²) in [6.45, 7) is 18.7. The van der Waals surface area contributed by atoms with E-state index < -0.39 is 101 Å². The lowest BCUT2D eigenvalue weighted by atomic mass is 9.80. The number of nitrogens with two attached hydrogens (primary N) is 2. The van der Waals surface area contributed by atoms with Gasteiger partial charge < -0.3 is 114 Å². The minimum absolute atomic E-state index is 0.0166. The van der Waals surface area contributed by atoms with Gasteiger partial charge in [0.05, 0.1) is 160 Å². The van der Waals surface area contributed by atoms with Crippen LogP contribution < -0.4 is 22.1 Å². The molecule has 1 saturated carbocycles. The monoisotopic (exact) mass is 1810 g/mol. The van der Waals surface area contributed by atoms with Gasteiger partial charge in [-0.3, -0.25) is 24.0 Å². The fourth-order valence-electron chi connectivity index (χ4n) is 16.5. The lowest BCUT2D eigenvalue weighted by Crippen LogP contribution is -2.61. The molecule has 0 radical (unpaired) electrons. The Morgan fingerprint density at radius 1 is 0.729 bits per heavy atom. The third-order valence-electron chi connectivity index (χ3n) is 24.0. The van der Waals surface area contributed by atoms with Crippen LogP contribution in [-0.2, 0) is 110 Å². The normalized spacial score (nSPS) is 26.2. The summed E-state index contributed by atoms with van der Waals surface area (Å²) in [6.07, 6.45) is 15.1. The number of rotatable bonds is 44. The number of aliphatic hydroxyl groups excluding tert-OH is 2. The number of nitrogens with one attached hydrogen (secondary N) is 3. The number of cyclic esters (lactones) is 1. The van der Waals surface area contributed by atoms with Crippen molar-refractivity contribution < 1.29 is 116 Å². The molecular formula is C92H139N13O24. The van der Waals surface area contributed by atoms with E-state index in [1.54, 1.807) is 86.7 Å². The van der Waals surface area contributed by atoms with Crippen LogP contribution in [0.4, 0.5) is 10.6 Å². The number of aliphatic hydroxyl groups is 3. The average Bonchev–Trinajstić information content (AvgIpc) is 1.74. The van der Waals surface area contributed by atoms with Crippen LogP contribution in [0.3, 0.4) is 0 Å². The van der Waals surface area contributed by atoms with Crippen LogP contribution in [0.25, 0.3) is 33.3 Å². The second-order valence-corrected chi connectivity index (χ2v) is 34.0. The van der Waals surface area contributed by atoms with E-state index in [9.17, 15) is 54.0 Å². The van der Waals surface area contributed by atoms with E-state index in [0.29, 0.717) is 211 Å². The molecule has 4 aliphatic rings. The molecule has 3 fully saturated rings. The highest BCUT2D eigenvalue weighted by atomic mass is 16.6. The molecule has 4 aromatic heterocycles. The molecule has 15 atom stereocenters. The SMILES string of the molecule is COC(=O)N[C@H]1C[C@@H]2CC[C@@H](C)[C@@](O)(O2)C(=O)C(=O)N2CCCC[C@H]2C(=O)O[C@H]([C@H](N)C[C@@H]2CC[C@@H](OCCCCc3cn(CCOCCOCCOCCOCCOCCOCCOCCOCCC(=O)NCCCCn4nc(-c5cc6cc(O)ccc6[nH]5)c5c(N)ncnc54)nn3)[C@H](OC)C2)CC(=O)[C@H](C)/C=C(\C)[C@@H](O)[C@@H](O)C(=O)[C@H](C)C[C@H](C)/C=C/C=C/C=C/1C. The van der Waals surface area contributed by atoms with E-state index in [-0.39, 0.29) is 86.5 Å². The van der Waals surface area contributed by atoms with E-state index in [1.165, 1.54) is 26.4 Å². The number of piperidine rings is 1. The van der Waals surface area contributed by atoms with Gasteiger partial charge in [-0.25, -0.2) is 28.9 Å². The molecule has 7 heterocycles. The van der Waals surface area contributed by atoms with Crippen molar-refractivity contribution in [2.75, 3.05) is 145 Å². The Kier molecular flexibility index (Phi) is 44.1. The van der Waals surface area contributed by atoms with Gasteiger partial charge in [0.2, 0.25) is 11.7 Å². The number of ketones is 3. The lowest BCUT2D eigenvalue weighted by molar-refractivity contribution is -0.264. The topological polar surface area (TPSA) is 490 Å².